The molecule has 4 aliphatic heterocycles. The number of piperazine rings is 1. The Hall–Kier alpha value is -1.92. The summed E-state index contributed by atoms with van der Waals surface area (Å²) in [4.78, 5) is 51.5. The van der Waals surface area contributed by atoms with Crippen LogP contribution >= 0.6 is 0 Å². The van der Waals surface area contributed by atoms with E-state index in [-0.39, 0.29) is 42.6 Å². The molecule has 4 rings (SSSR count). The molecule has 4 amide bonds. The van der Waals surface area contributed by atoms with Crippen molar-refractivity contribution in [2.24, 2.45) is 11.8 Å². The Kier molecular flexibility index (Phi) is 1.71. The number of carbonyl (C=O) groups is 4. The highest BCUT2D eigenvalue weighted by Crippen LogP contribution is 2.55. The fourth-order valence-electron chi connectivity index (χ4n) is 4.37. The Morgan fingerprint density at radius 2 is 1.95 bits per heavy atom. The van der Waals surface area contributed by atoms with E-state index in [1.165, 1.54) is 11.9 Å². The normalized spacial score (nSPS) is 43.7. The molecular formula is C12H13N3O4. The third-order valence-corrected chi connectivity index (χ3v) is 5.12. The lowest BCUT2D eigenvalue weighted by atomic mass is 9.79. The summed E-state index contributed by atoms with van der Waals surface area (Å²) in [6.45, 7) is 0.264. The van der Waals surface area contributed by atoms with Gasteiger partial charge in [-0.25, -0.2) is 0 Å². The Labute approximate surface area is 108 Å². The number of fused-ring (bicyclic) bond motifs is 2. The zero-order chi connectivity index (χ0) is 13.5. The molecule has 4 unspecified atom stereocenters. The summed E-state index contributed by atoms with van der Waals surface area (Å²) in [5, 5.41) is 2.76. The lowest BCUT2D eigenvalue weighted by Crippen LogP contribution is -2.65. The van der Waals surface area contributed by atoms with E-state index in [1.54, 1.807) is 0 Å². The van der Waals surface area contributed by atoms with Gasteiger partial charge in [-0.05, 0) is 6.42 Å². The third kappa shape index (κ3) is 0.913. The number of likely N-dealkylation sites (tertiary alicyclic amines) is 1. The van der Waals surface area contributed by atoms with E-state index in [0.29, 0.717) is 6.42 Å². The lowest BCUT2D eigenvalue weighted by molar-refractivity contribution is -0.151. The zero-order valence-electron chi connectivity index (χ0n) is 10.4. The smallest absolute Gasteiger partial charge is 0.246 e. The number of rotatable bonds is 0. The van der Waals surface area contributed by atoms with Crippen molar-refractivity contribution in [3.63, 3.8) is 0 Å². The van der Waals surface area contributed by atoms with E-state index < -0.39 is 17.4 Å². The van der Waals surface area contributed by atoms with Crippen LogP contribution in [0.2, 0.25) is 0 Å². The fraction of sp³-hybridized carbons (Fsp3) is 0.667. The number of carbonyl (C=O) groups excluding carboxylic acids is 4. The predicted octanol–water partition coefficient (Wildman–Crippen LogP) is -1.91. The highest BCUT2D eigenvalue weighted by molar-refractivity contribution is 6.12. The Balaban J connectivity index is 1.95. The Morgan fingerprint density at radius 1 is 1.21 bits per heavy atom. The van der Waals surface area contributed by atoms with Gasteiger partial charge in [0.25, 0.3) is 0 Å². The van der Waals surface area contributed by atoms with E-state index in [4.69, 9.17) is 0 Å². The molecule has 0 aromatic carbocycles. The van der Waals surface area contributed by atoms with E-state index in [9.17, 15) is 19.2 Å². The first kappa shape index (κ1) is 11.0. The molecular weight excluding hydrogens is 250 g/mol. The fourth-order valence-corrected chi connectivity index (χ4v) is 4.37. The largest absolute Gasteiger partial charge is 0.352 e. The quantitative estimate of drug-likeness (QED) is 0.517. The summed E-state index contributed by atoms with van der Waals surface area (Å²) in [7, 11) is 1.45. The first-order valence-electron chi connectivity index (χ1n) is 6.42. The molecule has 4 saturated heterocycles. The topological polar surface area (TPSA) is 86.8 Å². The molecule has 0 aliphatic carbocycles. The van der Waals surface area contributed by atoms with Crippen LogP contribution in [0.15, 0.2) is 0 Å². The maximum Gasteiger partial charge on any atom is 0.246 e. The van der Waals surface area contributed by atoms with Crippen molar-refractivity contribution < 1.29 is 19.2 Å². The molecule has 4 heterocycles. The standard InChI is InChI=1S/C12H13N3O4/c1-14-9(17)7-5-4-13-11(19)12(8(7)10(14)18)3-2-6(16)15(5)12/h5,7-8H,2-4H2,1H3,(H,13,19). The van der Waals surface area contributed by atoms with Crippen molar-refractivity contribution in [3.8, 4) is 0 Å². The van der Waals surface area contributed by atoms with Crippen molar-refractivity contribution in [3.05, 3.63) is 0 Å². The monoisotopic (exact) mass is 263 g/mol. The van der Waals surface area contributed by atoms with Crippen molar-refractivity contribution in [2.75, 3.05) is 13.6 Å². The number of hydrogen-bond acceptors (Lipinski definition) is 4. The minimum Gasteiger partial charge on any atom is -0.352 e. The van der Waals surface area contributed by atoms with Crippen molar-refractivity contribution in [1.29, 1.82) is 0 Å². The summed E-state index contributed by atoms with van der Waals surface area (Å²) in [5.74, 6) is -2.23. The molecule has 4 fully saturated rings. The van der Waals surface area contributed by atoms with Crippen molar-refractivity contribution in [1.82, 2.24) is 15.1 Å². The van der Waals surface area contributed by atoms with Crippen LogP contribution in [-0.4, -0.2) is 58.6 Å². The molecule has 4 atom stereocenters. The van der Waals surface area contributed by atoms with E-state index in [1.807, 2.05) is 0 Å². The molecule has 1 N–H and O–H groups in total. The van der Waals surface area contributed by atoms with Crippen LogP contribution in [0.4, 0.5) is 0 Å². The molecule has 100 valence electrons. The minimum absolute atomic E-state index is 0.113. The predicted molar refractivity (Wildman–Crippen MR) is 60.4 cm³/mol. The van der Waals surface area contributed by atoms with E-state index >= 15 is 0 Å². The van der Waals surface area contributed by atoms with Crippen LogP contribution in [0, 0.1) is 11.8 Å². The summed E-state index contributed by atoms with van der Waals surface area (Å²) in [5.41, 5.74) is -1.11. The van der Waals surface area contributed by atoms with Gasteiger partial charge in [-0.3, -0.25) is 24.1 Å². The molecule has 7 nitrogen and oxygen atoms in total. The van der Waals surface area contributed by atoms with Gasteiger partial charge in [0.05, 0.1) is 17.9 Å². The van der Waals surface area contributed by atoms with Crippen LogP contribution in [0.5, 0.6) is 0 Å². The van der Waals surface area contributed by atoms with Crippen LogP contribution in [0.25, 0.3) is 0 Å². The number of nitrogens with zero attached hydrogens (tertiary/aromatic N) is 2. The Bertz CT molecular complexity index is 559. The third-order valence-electron chi connectivity index (χ3n) is 5.12. The second-order valence-corrected chi connectivity index (χ2v) is 5.70. The molecule has 7 heteroatoms. The highest BCUT2D eigenvalue weighted by atomic mass is 16.2. The molecule has 0 saturated carbocycles. The van der Waals surface area contributed by atoms with Gasteiger partial charge >= 0.3 is 0 Å². The lowest BCUT2D eigenvalue weighted by Gasteiger charge is -2.40. The van der Waals surface area contributed by atoms with Gasteiger partial charge in [-0.1, -0.05) is 0 Å². The molecule has 0 radical (unpaired) electrons. The van der Waals surface area contributed by atoms with Gasteiger partial charge in [-0.15, -0.1) is 0 Å². The van der Waals surface area contributed by atoms with Crippen LogP contribution in [-0.2, 0) is 19.2 Å². The maximum absolute atomic E-state index is 12.3. The first-order chi connectivity index (χ1) is 9.00. The van der Waals surface area contributed by atoms with E-state index in [0.717, 1.165) is 4.90 Å². The molecule has 0 aromatic heterocycles. The van der Waals surface area contributed by atoms with Gasteiger partial charge in [0.15, 0.2) is 0 Å². The average molecular weight is 263 g/mol. The maximum atomic E-state index is 12.3. The zero-order valence-corrected chi connectivity index (χ0v) is 10.4. The van der Waals surface area contributed by atoms with Crippen molar-refractivity contribution >= 4 is 23.6 Å². The van der Waals surface area contributed by atoms with Crippen LogP contribution < -0.4 is 5.32 Å². The van der Waals surface area contributed by atoms with Gasteiger partial charge in [0.1, 0.15) is 5.54 Å². The van der Waals surface area contributed by atoms with E-state index in [2.05, 4.69) is 5.32 Å². The minimum atomic E-state index is -1.11. The van der Waals surface area contributed by atoms with Crippen molar-refractivity contribution in [2.45, 2.75) is 24.4 Å². The van der Waals surface area contributed by atoms with Gasteiger partial charge in [0.2, 0.25) is 23.6 Å². The Morgan fingerprint density at radius 3 is 2.68 bits per heavy atom. The molecule has 0 spiro atoms. The van der Waals surface area contributed by atoms with Gasteiger partial charge in [0, 0.05) is 20.0 Å². The number of nitrogens with one attached hydrogen (secondary N) is 1. The first-order valence-corrected chi connectivity index (χ1v) is 6.42. The average Bonchev–Trinajstić information content (AvgIpc) is 2.92. The SMILES string of the molecule is CN1C(=O)C2C3CNC(=O)C4(CCC(=O)N34)C2C1=O. The summed E-state index contributed by atoms with van der Waals surface area (Å²) in [6.07, 6.45) is 0.612. The van der Waals surface area contributed by atoms with Gasteiger partial charge < -0.3 is 10.2 Å². The molecule has 19 heavy (non-hydrogen) atoms. The molecule has 4 aliphatic rings. The van der Waals surface area contributed by atoms with Gasteiger partial charge in [-0.2, -0.15) is 0 Å². The van der Waals surface area contributed by atoms with Crippen LogP contribution in [0.3, 0.4) is 0 Å². The summed E-state index contributed by atoms with van der Waals surface area (Å²) >= 11 is 0. The van der Waals surface area contributed by atoms with Crippen LogP contribution in [0.1, 0.15) is 12.8 Å². The molecule has 2 bridgehead atoms. The molecule has 0 aromatic rings. The number of amides is 4. The number of imide groups is 1. The summed E-state index contributed by atoms with van der Waals surface area (Å²) in [6, 6.07) is -0.362. The second kappa shape index (κ2) is 2.97. The second-order valence-electron chi connectivity index (χ2n) is 5.70. The summed E-state index contributed by atoms with van der Waals surface area (Å²) < 4.78 is 0. The number of hydrogen-bond donors (Lipinski definition) is 1. The highest BCUT2D eigenvalue weighted by Gasteiger charge is 2.75.